The van der Waals surface area contributed by atoms with Crippen molar-refractivity contribution in [3.63, 3.8) is 0 Å². The van der Waals surface area contributed by atoms with E-state index >= 15 is 0 Å². The number of nitrogens with zero attached hydrogens (tertiary/aromatic N) is 1. The van der Waals surface area contributed by atoms with Gasteiger partial charge in [-0.15, -0.1) is 11.8 Å². The van der Waals surface area contributed by atoms with Gasteiger partial charge in [0.1, 0.15) is 5.76 Å². The molecule has 0 radical (unpaired) electrons. The Morgan fingerprint density at radius 2 is 2.00 bits per heavy atom. The second kappa shape index (κ2) is 8.29. The van der Waals surface area contributed by atoms with E-state index in [1.807, 2.05) is 44.2 Å². The first-order chi connectivity index (χ1) is 12.5. The lowest BCUT2D eigenvalue weighted by atomic mass is 10.2. The lowest BCUT2D eigenvalue weighted by molar-refractivity contribution is 0.0960. The average molecular weight is 388 g/mol. The summed E-state index contributed by atoms with van der Waals surface area (Å²) >= 11 is 7.52. The van der Waals surface area contributed by atoms with Crippen LogP contribution >= 0.6 is 23.4 Å². The van der Waals surface area contributed by atoms with Crippen molar-refractivity contribution in [2.45, 2.75) is 24.5 Å². The summed E-state index contributed by atoms with van der Waals surface area (Å²) in [5, 5.41) is 4.56. The number of rotatable bonds is 6. The maximum absolute atomic E-state index is 12.6. The van der Waals surface area contributed by atoms with E-state index in [1.54, 1.807) is 30.0 Å². The number of anilines is 1. The largest absolute Gasteiger partial charge is 0.361 e. The Morgan fingerprint density at radius 1 is 1.19 bits per heavy atom. The fourth-order valence-corrected chi connectivity index (χ4v) is 3.79. The zero-order valence-corrected chi connectivity index (χ0v) is 15.9. The highest BCUT2D eigenvalue weighted by Gasteiger charge is 2.14. The summed E-state index contributed by atoms with van der Waals surface area (Å²) in [6.07, 6.45) is 0. The van der Waals surface area contributed by atoms with Gasteiger partial charge in [0.2, 0.25) is 0 Å². The second-order valence-corrected chi connectivity index (χ2v) is 7.13. The molecule has 1 heterocycles. The van der Waals surface area contributed by atoms with Crippen molar-refractivity contribution >= 4 is 35.0 Å². The van der Waals surface area contributed by atoms with Gasteiger partial charge in [-0.1, -0.05) is 35.0 Å². The van der Waals surface area contributed by atoms with E-state index < -0.39 is 0 Å². The van der Waals surface area contributed by atoms with Crippen molar-refractivity contribution in [3.8, 4) is 0 Å². The summed E-state index contributed by atoms with van der Waals surface area (Å²) in [6, 6.07) is 14.6. The van der Waals surface area contributed by atoms with E-state index in [4.69, 9.17) is 16.1 Å². The van der Waals surface area contributed by atoms with Gasteiger partial charge >= 0.3 is 0 Å². The molecule has 5 nitrogen and oxygen atoms in total. The van der Waals surface area contributed by atoms with Gasteiger partial charge in [0.05, 0.1) is 16.9 Å². The summed E-state index contributed by atoms with van der Waals surface area (Å²) in [7, 11) is 0. The minimum absolute atomic E-state index is 0.216. The van der Waals surface area contributed by atoms with E-state index in [-0.39, 0.29) is 5.91 Å². The number of carbonyl (C=O) groups excluding carboxylic acids is 1. The Labute approximate surface area is 161 Å². The maximum Gasteiger partial charge on any atom is 0.270 e. The third kappa shape index (κ3) is 4.39. The van der Waals surface area contributed by atoms with Crippen LogP contribution in [0.15, 0.2) is 57.9 Å². The molecule has 3 rings (SSSR count). The predicted octanol–water partition coefficient (Wildman–Crippen LogP) is 4.99. The first-order valence-electron chi connectivity index (χ1n) is 8.00. The molecule has 0 unspecified atom stereocenters. The van der Waals surface area contributed by atoms with Crippen LogP contribution in [0.5, 0.6) is 0 Å². The van der Waals surface area contributed by atoms with Gasteiger partial charge < -0.3 is 4.52 Å². The molecule has 0 aliphatic heterocycles. The quantitative estimate of drug-likeness (QED) is 0.460. The fraction of sp³-hybridized carbons (Fsp3) is 0.158. The number of amides is 1. The molecule has 7 heteroatoms. The Morgan fingerprint density at radius 3 is 2.73 bits per heavy atom. The monoisotopic (exact) mass is 387 g/mol. The number of hydrazine groups is 1. The first kappa shape index (κ1) is 18.4. The van der Waals surface area contributed by atoms with Gasteiger partial charge in [0.15, 0.2) is 0 Å². The van der Waals surface area contributed by atoms with Crippen LogP contribution in [0.25, 0.3) is 0 Å². The third-order valence-electron chi connectivity index (χ3n) is 3.83. The van der Waals surface area contributed by atoms with E-state index in [2.05, 4.69) is 16.0 Å². The molecule has 134 valence electrons. The average Bonchev–Trinajstić information content (AvgIpc) is 2.96. The highest BCUT2D eigenvalue weighted by atomic mass is 35.5. The number of carbonyl (C=O) groups is 1. The number of halogens is 1. The topological polar surface area (TPSA) is 67.2 Å². The predicted molar refractivity (Wildman–Crippen MR) is 105 cm³/mol. The molecular formula is C19H18ClN3O2S. The van der Waals surface area contributed by atoms with Crippen LogP contribution in [-0.2, 0) is 5.75 Å². The zero-order chi connectivity index (χ0) is 18.5. The van der Waals surface area contributed by atoms with Crippen LogP contribution in [0.3, 0.4) is 0 Å². The molecule has 0 saturated heterocycles. The highest BCUT2D eigenvalue weighted by Crippen LogP contribution is 2.28. The zero-order valence-electron chi connectivity index (χ0n) is 14.4. The molecule has 0 atom stereocenters. The van der Waals surface area contributed by atoms with Crippen LogP contribution in [0, 0.1) is 13.8 Å². The molecule has 26 heavy (non-hydrogen) atoms. The number of nitrogens with one attached hydrogen (secondary N) is 2. The fourth-order valence-electron chi connectivity index (χ4n) is 2.40. The number of thioether (sulfide) groups is 1. The third-order valence-corrected chi connectivity index (χ3v) is 5.17. The molecule has 0 saturated carbocycles. The van der Waals surface area contributed by atoms with Crippen molar-refractivity contribution in [2.75, 3.05) is 5.43 Å². The Bertz CT molecular complexity index is 907. The maximum atomic E-state index is 12.6. The molecular weight excluding hydrogens is 370 g/mol. The minimum Gasteiger partial charge on any atom is -0.361 e. The molecule has 1 aromatic heterocycles. The SMILES string of the molecule is Cc1noc(C)c1CSc1ccccc1C(=O)NNc1cccc(Cl)c1. The minimum atomic E-state index is -0.216. The summed E-state index contributed by atoms with van der Waals surface area (Å²) in [5.41, 5.74) is 8.83. The molecule has 0 spiro atoms. The molecule has 2 N–H and O–H groups in total. The second-order valence-electron chi connectivity index (χ2n) is 5.68. The molecule has 0 aliphatic rings. The number of aryl methyl sites for hydroxylation is 2. The molecule has 0 fully saturated rings. The number of hydrogen-bond acceptors (Lipinski definition) is 5. The van der Waals surface area contributed by atoms with Gasteiger partial charge in [-0.2, -0.15) is 0 Å². The van der Waals surface area contributed by atoms with Crippen molar-refractivity contribution in [3.05, 3.63) is 76.1 Å². The summed E-state index contributed by atoms with van der Waals surface area (Å²) < 4.78 is 5.20. The summed E-state index contributed by atoms with van der Waals surface area (Å²) in [5.74, 6) is 1.28. The Balaban J connectivity index is 1.69. The van der Waals surface area contributed by atoms with Gasteiger partial charge in [0.25, 0.3) is 5.91 Å². The first-order valence-corrected chi connectivity index (χ1v) is 9.36. The normalized spacial score (nSPS) is 10.6. The molecule has 0 aliphatic carbocycles. The highest BCUT2D eigenvalue weighted by molar-refractivity contribution is 7.98. The Kier molecular flexibility index (Phi) is 5.85. The number of aromatic nitrogens is 1. The Hall–Kier alpha value is -2.44. The van der Waals surface area contributed by atoms with Crippen molar-refractivity contribution < 1.29 is 9.32 Å². The van der Waals surface area contributed by atoms with Gasteiger partial charge in [0, 0.05) is 21.2 Å². The molecule has 1 amide bonds. The van der Waals surface area contributed by atoms with E-state index in [9.17, 15) is 4.79 Å². The molecule has 2 aromatic carbocycles. The standard InChI is InChI=1S/C19H18ClN3O2S/c1-12-17(13(2)25-23-12)11-26-18-9-4-3-8-16(18)19(24)22-21-15-7-5-6-14(20)10-15/h3-10,21H,11H2,1-2H3,(H,22,24). The lowest BCUT2D eigenvalue weighted by Gasteiger charge is -2.12. The van der Waals surface area contributed by atoms with Crippen molar-refractivity contribution in [1.82, 2.24) is 10.6 Å². The van der Waals surface area contributed by atoms with Crippen molar-refractivity contribution in [2.24, 2.45) is 0 Å². The van der Waals surface area contributed by atoms with Crippen LogP contribution in [-0.4, -0.2) is 11.1 Å². The van der Waals surface area contributed by atoms with Crippen LogP contribution in [0.1, 0.15) is 27.4 Å². The van der Waals surface area contributed by atoms with E-state index in [1.165, 1.54) is 0 Å². The summed E-state index contributed by atoms with van der Waals surface area (Å²) in [4.78, 5) is 13.5. The lowest BCUT2D eigenvalue weighted by Crippen LogP contribution is -2.29. The smallest absolute Gasteiger partial charge is 0.270 e. The van der Waals surface area contributed by atoms with Gasteiger partial charge in [-0.3, -0.25) is 15.6 Å². The van der Waals surface area contributed by atoms with Crippen LogP contribution < -0.4 is 10.9 Å². The summed E-state index contributed by atoms with van der Waals surface area (Å²) in [6.45, 7) is 3.81. The van der Waals surface area contributed by atoms with Crippen LogP contribution in [0.4, 0.5) is 5.69 Å². The molecule has 0 bridgehead atoms. The number of benzene rings is 2. The van der Waals surface area contributed by atoms with Gasteiger partial charge in [-0.25, -0.2) is 0 Å². The van der Waals surface area contributed by atoms with E-state index in [0.29, 0.717) is 22.0 Å². The van der Waals surface area contributed by atoms with Crippen LogP contribution in [0.2, 0.25) is 5.02 Å². The van der Waals surface area contributed by atoms with Gasteiger partial charge in [-0.05, 0) is 44.2 Å². The molecule has 3 aromatic rings. The van der Waals surface area contributed by atoms with E-state index in [0.717, 1.165) is 21.9 Å². The van der Waals surface area contributed by atoms with Crippen molar-refractivity contribution in [1.29, 1.82) is 0 Å². The number of hydrogen-bond donors (Lipinski definition) is 2.